The van der Waals surface area contributed by atoms with E-state index in [0.29, 0.717) is 30.7 Å². The van der Waals surface area contributed by atoms with Crippen molar-refractivity contribution in [3.8, 4) is 17.2 Å². The Morgan fingerprint density at radius 2 is 2.19 bits per heavy atom. The molecule has 2 aliphatic heterocycles. The zero-order valence-corrected chi connectivity index (χ0v) is 18.8. The molecule has 7 heteroatoms. The Labute approximate surface area is 189 Å². The number of phenols is 1. The van der Waals surface area contributed by atoms with E-state index in [9.17, 15) is 9.90 Å². The molecule has 174 valence electrons. The normalized spacial score (nSPS) is 34.7. The number of nitrogens with zero attached hydrogens (tertiary/aromatic N) is 1. The van der Waals surface area contributed by atoms with Gasteiger partial charge in [-0.1, -0.05) is 0 Å². The molecule has 0 aromatic heterocycles. The van der Waals surface area contributed by atoms with E-state index in [1.807, 2.05) is 0 Å². The highest BCUT2D eigenvalue weighted by Gasteiger charge is 2.66. The SMILES string of the molecule is COc1cc(O)c2c3c1C[C@@H]1[C@@H]4CC[C@@H](NCCCC(=O)O)[C@H](O2)[C@]34CCN1CC1CC1. The highest BCUT2D eigenvalue weighted by atomic mass is 16.5. The second-order valence-corrected chi connectivity index (χ2v) is 10.6. The van der Waals surface area contributed by atoms with Gasteiger partial charge < -0.3 is 25.0 Å². The average molecular weight is 443 g/mol. The van der Waals surface area contributed by atoms with Gasteiger partial charge in [0.25, 0.3) is 0 Å². The summed E-state index contributed by atoms with van der Waals surface area (Å²) in [5, 5.41) is 23.5. The predicted molar refractivity (Wildman–Crippen MR) is 119 cm³/mol. The van der Waals surface area contributed by atoms with Gasteiger partial charge in [-0.05, 0) is 69.9 Å². The van der Waals surface area contributed by atoms with Crippen molar-refractivity contribution < 1.29 is 24.5 Å². The number of hydrogen-bond donors (Lipinski definition) is 3. The van der Waals surface area contributed by atoms with Crippen molar-refractivity contribution in [3.05, 3.63) is 17.2 Å². The van der Waals surface area contributed by atoms with Crippen molar-refractivity contribution in [2.24, 2.45) is 11.8 Å². The first kappa shape index (κ1) is 20.6. The van der Waals surface area contributed by atoms with E-state index in [1.165, 1.54) is 30.5 Å². The number of rotatable bonds is 8. The van der Waals surface area contributed by atoms with Crippen LogP contribution in [0, 0.1) is 11.8 Å². The Morgan fingerprint density at radius 1 is 1.34 bits per heavy atom. The predicted octanol–water partition coefficient (Wildman–Crippen LogP) is 2.67. The maximum atomic E-state index is 10.9. The zero-order chi connectivity index (χ0) is 22.0. The minimum atomic E-state index is -0.751. The molecule has 3 N–H and O–H groups in total. The van der Waals surface area contributed by atoms with Crippen molar-refractivity contribution >= 4 is 5.97 Å². The Morgan fingerprint density at radius 3 is 2.94 bits per heavy atom. The molecular formula is C25H34N2O5. The number of carbonyl (C=O) groups is 1. The smallest absolute Gasteiger partial charge is 0.303 e. The summed E-state index contributed by atoms with van der Waals surface area (Å²) in [4.78, 5) is 13.7. The summed E-state index contributed by atoms with van der Waals surface area (Å²) in [5.74, 6) is 2.29. The topological polar surface area (TPSA) is 91.3 Å². The summed E-state index contributed by atoms with van der Waals surface area (Å²) in [7, 11) is 1.69. The molecule has 2 heterocycles. The van der Waals surface area contributed by atoms with E-state index in [1.54, 1.807) is 13.2 Å². The van der Waals surface area contributed by atoms with E-state index < -0.39 is 5.97 Å². The van der Waals surface area contributed by atoms with Crippen molar-refractivity contribution in [2.75, 3.05) is 26.7 Å². The average Bonchev–Trinajstić information content (AvgIpc) is 3.52. The van der Waals surface area contributed by atoms with Crippen LogP contribution in [0.15, 0.2) is 6.07 Å². The molecule has 2 bridgehead atoms. The van der Waals surface area contributed by atoms with Gasteiger partial charge in [-0.25, -0.2) is 0 Å². The summed E-state index contributed by atoms with van der Waals surface area (Å²) >= 11 is 0. The van der Waals surface area contributed by atoms with Crippen LogP contribution in [0.2, 0.25) is 0 Å². The molecular weight excluding hydrogens is 408 g/mol. The molecule has 7 nitrogen and oxygen atoms in total. The van der Waals surface area contributed by atoms with Gasteiger partial charge in [0.2, 0.25) is 0 Å². The minimum Gasteiger partial charge on any atom is -0.504 e. The van der Waals surface area contributed by atoms with Crippen LogP contribution in [0.4, 0.5) is 0 Å². The number of hydrogen-bond acceptors (Lipinski definition) is 6. The first-order valence-electron chi connectivity index (χ1n) is 12.3. The number of benzene rings is 1. The van der Waals surface area contributed by atoms with E-state index in [0.717, 1.165) is 43.9 Å². The zero-order valence-electron chi connectivity index (χ0n) is 18.8. The van der Waals surface area contributed by atoms with Crippen molar-refractivity contribution in [1.29, 1.82) is 0 Å². The number of methoxy groups -OCH3 is 1. The lowest BCUT2D eigenvalue weighted by Crippen LogP contribution is -2.68. The summed E-state index contributed by atoms with van der Waals surface area (Å²) in [5.41, 5.74) is 2.35. The third kappa shape index (κ3) is 2.97. The Balaban J connectivity index is 1.37. The fourth-order valence-corrected chi connectivity index (χ4v) is 7.45. The van der Waals surface area contributed by atoms with E-state index in [-0.39, 0.29) is 29.7 Å². The number of carboxylic acid groups (broad SMARTS) is 1. The van der Waals surface area contributed by atoms with Gasteiger partial charge in [0.15, 0.2) is 11.5 Å². The van der Waals surface area contributed by atoms with Gasteiger partial charge in [-0.2, -0.15) is 0 Å². The molecule has 1 aromatic rings. The lowest BCUT2D eigenvalue weighted by Gasteiger charge is -2.59. The molecule has 2 saturated carbocycles. The largest absolute Gasteiger partial charge is 0.504 e. The summed E-state index contributed by atoms with van der Waals surface area (Å²) in [6, 6.07) is 2.40. The second-order valence-electron chi connectivity index (χ2n) is 10.6. The quantitative estimate of drug-likeness (QED) is 0.533. The fraction of sp³-hybridized carbons (Fsp3) is 0.720. The number of likely N-dealkylation sites (tertiary alicyclic amines) is 1. The van der Waals surface area contributed by atoms with Gasteiger partial charge in [0.05, 0.1) is 7.11 Å². The van der Waals surface area contributed by atoms with Gasteiger partial charge in [-0.3, -0.25) is 9.69 Å². The van der Waals surface area contributed by atoms with Gasteiger partial charge in [0.1, 0.15) is 11.9 Å². The van der Waals surface area contributed by atoms with Crippen LogP contribution in [0.1, 0.15) is 56.1 Å². The lowest BCUT2D eigenvalue weighted by atomic mass is 9.51. The molecule has 1 aromatic carbocycles. The molecule has 0 radical (unpaired) electrons. The van der Waals surface area contributed by atoms with Crippen LogP contribution in [0.25, 0.3) is 0 Å². The Hall–Kier alpha value is -1.99. The van der Waals surface area contributed by atoms with Crippen molar-refractivity contribution in [3.63, 3.8) is 0 Å². The number of aliphatic carboxylic acids is 1. The fourth-order valence-electron chi connectivity index (χ4n) is 7.45. The highest BCUT2D eigenvalue weighted by Crippen LogP contribution is 2.65. The molecule has 6 rings (SSSR count). The van der Waals surface area contributed by atoms with E-state index in [4.69, 9.17) is 14.6 Å². The molecule has 1 saturated heterocycles. The third-order valence-electron chi connectivity index (χ3n) is 8.90. The van der Waals surface area contributed by atoms with Crippen LogP contribution in [0.3, 0.4) is 0 Å². The third-order valence-corrected chi connectivity index (χ3v) is 8.90. The van der Waals surface area contributed by atoms with Crippen LogP contribution in [0.5, 0.6) is 17.2 Å². The number of carboxylic acids is 1. The van der Waals surface area contributed by atoms with Crippen molar-refractivity contribution in [1.82, 2.24) is 10.2 Å². The first-order chi connectivity index (χ1) is 15.5. The number of piperidine rings is 1. The number of ether oxygens (including phenoxy) is 2. The van der Waals surface area contributed by atoms with Crippen molar-refractivity contribution in [2.45, 2.75) is 75.0 Å². The molecule has 5 aliphatic rings. The van der Waals surface area contributed by atoms with Gasteiger partial charge in [0, 0.05) is 47.7 Å². The molecule has 5 atom stereocenters. The first-order valence-corrected chi connectivity index (χ1v) is 12.3. The lowest BCUT2D eigenvalue weighted by molar-refractivity contribution is -0.137. The van der Waals surface area contributed by atoms with Crippen LogP contribution in [-0.4, -0.2) is 66.0 Å². The molecule has 0 amide bonds. The monoisotopic (exact) mass is 442 g/mol. The molecule has 3 fully saturated rings. The molecule has 0 unspecified atom stereocenters. The number of phenolic OH excluding ortho intramolecular Hbond substituents is 1. The van der Waals surface area contributed by atoms with Gasteiger partial charge in [-0.15, -0.1) is 0 Å². The summed E-state index contributed by atoms with van der Waals surface area (Å²) < 4.78 is 12.4. The molecule has 3 aliphatic carbocycles. The van der Waals surface area contributed by atoms with Crippen LogP contribution in [-0.2, 0) is 16.6 Å². The van der Waals surface area contributed by atoms with Crippen LogP contribution < -0.4 is 14.8 Å². The maximum Gasteiger partial charge on any atom is 0.303 e. The molecule has 32 heavy (non-hydrogen) atoms. The number of nitrogens with one attached hydrogen (secondary N) is 1. The maximum absolute atomic E-state index is 10.9. The molecule has 1 spiro atoms. The minimum absolute atomic E-state index is 0.0243. The standard InChI is InChI=1S/C25H34N2O5/c1-31-20-12-19(28)23-22-15(20)11-18-16-6-7-17(26-9-2-3-21(29)30)24(32-23)25(16,22)8-10-27(18)13-14-4-5-14/h12,14,16-18,24,26,28H,2-11,13H2,1H3,(H,29,30)/t16-,17+,18+,24-,25-/m0/s1. The van der Waals surface area contributed by atoms with E-state index in [2.05, 4.69) is 10.2 Å². The summed E-state index contributed by atoms with van der Waals surface area (Å²) in [6.45, 7) is 2.97. The highest BCUT2D eigenvalue weighted by molar-refractivity contribution is 5.66. The Kier molecular flexibility index (Phi) is 4.84. The van der Waals surface area contributed by atoms with E-state index >= 15 is 0 Å². The van der Waals surface area contributed by atoms with Gasteiger partial charge >= 0.3 is 5.97 Å². The second kappa shape index (κ2) is 7.52. The summed E-state index contributed by atoms with van der Waals surface area (Å²) in [6.07, 6.45) is 7.69. The van der Waals surface area contributed by atoms with Crippen LogP contribution >= 0.6 is 0 Å². The Bertz CT molecular complexity index is 931. The number of aromatic hydroxyl groups is 1.